The van der Waals surface area contributed by atoms with Gasteiger partial charge in [0.15, 0.2) is 9.84 Å². The molecule has 0 aromatic heterocycles. The molecule has 0 bridgehead atoms. The van der Waals surface area contributed by atoms with Gasteiger partial charge in [-0.2, -0.15) is 0 Å². The van der Waals surface area contributed by atoms with Crippen LogP contribution in [0, 0.1) is 0 Å². The molecule has 26 heavy (non-hydrogen) atoms. The van der Waals surface area contributed by atoms with Crippen molar-refractivity contribution in [3.05, 3.63) is 77.4 Å². The molecular formula is C20H18O5S. The first-order valence-corrected chi connectivity index (χ1v) is 9.86. The lowest BCUT2D eigenvalue weighted by atomic mass is 9.93. The summed E-state index contributed by atoms with van der Waals surface area (Å²) in [5, 5.41) is 21.6. The minimum atomic E-state index is -3.31. The van der Waals surface area contributed by atoms with Crippen molar-refractivity contribution in [2.24, 2.45) is 0 Å². The number of aliphatic carboxylic acids is 1. The Morgan fingerprint density at radius 1 is 1.04 bits per heavy atom. The molecule has 0 amide bonds. The topological polar surface area (TPSA) is 91.7 Å². The summed E-state index contributed by atoms with van der Waals surface area (Å²) in [4.78, 5) is 11.2. The summed E-state index contributed by atoms with van der Waals surface area (Å²) in [5.41, 5.74) is 1.72. The van der Waals surface area contributed by atoms with Crippen molar-refractivity contribution in [3.8, 4) is 0 Å². The predicted octanol–water partition coefficient (Wildman–Crippen LogP) is 2.95. The van der Waals surface area contributed by atoms with Gasteiger partial charge < -0.3 is 10.2 Å². The van der Waals surface area contributed by atoms with E-state index in [9.17, 15) is 18.3 Å². The van der Waals surface area contributed by atoms with Crippen LogP contribution in [0.5, 0.6) is 0 Å². The molecule has 3 rings (SSSR count). The molecule has 0 spiro atoms. The van der Waals surface area contributed by atoms with E-state index in [-0.39, 0.29) is 11.3 Å². The van der Waals surface area contributed by atoms with E-state index in [1.54, 1.807) is 24.3 Å². The normalized spacial score (nSPS) is 12.8. The van der Waals surface area contributed by atoms with E-state index in [0.717, 1.165) is 17.0 Å². The summed E-state index contributed by atoms with van der Waals surface area (Å²) in [6.45, 7) is 0. The highest BCUT2D eigenvalue weighted by Crippen LogP contribution is 2.31. The highest BCUT2D eigenvalue weighted by molar-refractivity contribution is 7.90. The number of aliphatic hydroxyl groups excluding tert-OH is 1. The van der Waals surface area contributed by atoms with Gasteiger partial charge in [0.1, 0.15) is 6.10 Å². The molecule has 0 saturated heterocycles. The fourth-order valence-electron chi connectivity index (χ4n) is 2.98. The number of hydrogen-bond donors (Lipinski definition) is 2. The van der Waals surface area contributed by atoms with Crippen LogP contribution in [0.1, 0.15) is 22.8 Å². The Bertz CT molecular complexity index is 1070. The molecule has 134 valence electrons. The molecule has 0 radical (unpaired) electrons. The third-order valence-electron chi connectivity index (χ3n) is 4.23. The summed E-state index contributed by atoms with van der Waals surface area (Å²) in [5.74, 6) is -0.946. The summed E-state index contributed by atoms with van der Waals surface area (Å²) in [6, 6.07) is 17.0. The summed E-state index contributed by atoms with van der Waals surface area (Å²) in [7, 11) is -3.31. The zero-order valence-electron chi connectivity index (χ0n) is 14.1. The number of carboxylic acids is 1. The van der Waals surface area contributed by atoms with Crippen LogP contribution < -0.4 is 0 Å². The molecule has 0 aliphatic rings. The van der Waals surface area contributed by atoms with Crippen molar-refractivity contribution in [2.45, 2.75) is 17.4 Å². The molecule has 1 atom stereocenters. The Hall–Kier alpha value is -2.70. The molecular weight excluding hydrogens is 352 g/mol. The average molecular weight is 370 g/mol. The number of carbonyl (C=O) groups is 1. The van der Waals surface area contributed by atoms with Crippen LogP contribution in [-0.2, 0) is 21.1 Å². The number of aliphatic hydroxyl groups is 1. The summed E-state index contributed by atoms with van der Waals surface area (Å²) >= 11 is 0. The standard InChI is InChI=1S/C20H18O5S/c1-26(24,25)16-8-6-14(7-9-16)20(23)18-11-13(12-19(21)22)10-15-4-2-3-5-17(15)18/h2-11,20,23H,12H2,1H3,(H,21,22). The van der Waals surface area contributed by atoms with Gasteiger partial charge in [-0.15, -0.1) is 0 Å². The zero-order chi connectivity index (χ0) is 18.9. The largest absolute Gasteiger partial charge is 0.481 e. The average Bonchev–Trinajstić information content (AvgIpc) is 2.59. The molecule has 1 unspecified atom stereocenters. The van der Waals surface area contributed by atoms with E-state index in [4.69, 9.17) is 5.11 Å². The van der Waals surface area contributed by atoms with Crippen LogP contribution in [0.3, 0.4) is 0 Å². The lowest BCUT2D eigenvalue weighted by Crippen LogP contribution is -2.05. The predicted molar refractivity (Wildman–Crippen MR) is 98.9 cm³/mol. The maximum Gasteiger partial charge on any atom is 0.307 e. The van der Waals surface area contributed by atoms with Gasteiger partial charge in [-0.25, -0.2) is 8.42 Å². The molecule has 6 heteroatoms. The lowest BCUT2D eigenvalue weighted by molar-refractivity contribution is -0.136. The maximum absolute atomic E-state index is 11.6. The van der Waals surface area contributed by atoms with Crippen molar-refractivity contribution in [2.75, 3.05) is 6.26 Å². The van der Waals surface area contributed by atoms with Crippen LogP contribution in [0.2, 0.25) is 0 Å². The third kappa shape index (κ3) is 3.76. The molecule has 3 aromatic rings. The third-order valence-corrected chi connectivity index (χ3v) is 5.36. The minimum Gasteiger partial charge on any atom is -0.481 e. The van der Waals surface area contributed by atoms with Crippen molar-refractivity contribution in [1.29, 1.82) is 0 Å². The van der Waals surface area contributed by atoms with Gasteiger partial charge in [0.05, 0.1) is 11.3 Å². The molecule has 0 heterocycles. The van der Waals surface area contributed by atoms with Crippen LogP contribution in [0.4, 0.5) is 0 Å². The van der Waals surface area contributed by atoms with Crippen LogP contribution in [0.15, 0.2) is 65.6 Å². The molecule has 0 saturated carbocycles. The van der Waals surface area contributed by atoms with Gasteiger partial charge in [-0.05, 0) is 39.6 Å². The smallest absolute Gasteiger partial charge is 0.307 e. The number of sulfone groups is 1. The Morgan fingerprint density at radius 2 is 1.69 bits per heavy atom. The van der Waals surface area contributed by atoms with Crippen molar-refractivity contribution in [3.63, 3.8) is 0 Å². The molecule has 0 aliphatic carbocycles. The van der Waals surface area contributed by atoms with Crippen LogP contribution in [-0.4, -0.2) is 30.9 Å². The van der Waals surface area contributed by atoms with Crippen molar-refractivity contribution >= 4 is 26.6 Å². The number of benzene rings is 3. The number of hydrogen-bond acceptors (Lipinski definition) is 4. The molecule has 2 N–H and O–H groups in total. The first kappa shape index (κ1) is 18.1. The Balaban J connectivity index is 2.09. The fraction of sp³-hybridized carbons (Fsp3) is 0.150. The molecule has 3 aromatic carbocycles. The van der Waals surface area contributed by atoms with E-state index in [1.165, 1.54) is 12.1 Å². The number of fused-ring (bicyclic) bond motifs is 1. The van der Waals surface area contributed by atoms with E-state index >= 15 is 0 Å². The van der Waals surface area contributed by atoms with Gasteiger partial charge in [-0.1, -0.05) is 48.5 Å². The van der Waals surface area contributed by atoms with Crippen molar-refractivity contribution in [1.82, 2.24) is 0 Å². The Morgan fingerprint density at radius 3 is 2.31 bits per heavy atom. The fourth-order valence-corrected chi connectivity index (χ4v) is 3.61. The molecule has 0 fully saturated rings. The number of carboxylic acid groups (broad SMARTS) is 1. The van der Waals surface area contributed by atoms with E-state index in [1.807, 2.05) is 24.3 Å². The zero-order valence-corrected chi connectivity index (χ0v) is 14.9. The SMILES string of the molecule is CS(=O)(=O)c1ccc(C(O)c2cc(CC(=O)O)cc3ccccc23)cc1. The number of rotatable bonds is 5. The molecule has 0 aliphatic heterocycles. The van der Waals surface area contributed by atoms with Crippen molar-refractivity contribution < 1.29 is 23.4 Å². The molecule has 5 nitrogen and oxygen atoms in total. The van der Waals surface area contributed by atoms with E-state index in [0.29, 0.717) is 16.7 Å². The minimum absolute atomic E-state index is 0.141. The second kappa shape index (κ2) is 6.90. The maximum atomic E-state index is 11.6. The second-order valence-electron chi connectivity index (χ2n) is 6.22. The first-order chi connectivity index (χ1) is 12.3. The van der Waals surface area contributed by atoms with Gasteiger partial charge in [0, 0.05) is 6.26 Å². The van der Waals surface area contributed by atoms with Gasteiger partial charge >= 0.3 is 5.97 Å². The Kier molecular flexibility index (Phi) is 4.80. The second-order valence-corrected chi connectivity index (χ2v) is 8.24. The summed E-state index contributed by atoms with van der Waals surface area (Å²) in [6.07, 6.45) is -0.0129. The monoisotopic (exact) mass is 370 g/mol. The first-order valence-electron chi connectivity index (χ1n) is 7.97. The van der Waals surface area contributed by atoms with Gasteiger partial charge in [0.25, 0.3) is 0 Å². The van der Waals surface area contributed by atoms with Crippen LogP contribution >= 0.6 is 0 Å². The lowest BCUT2D eigenvalue weighted by Gasteiger charge is -2.16. The van der Waals surface area contributed by atoms with Gasteiger partial charge in [0.2, 0.25) is 0 Å². The van der Waals surface area contributed by atoms with E-state index in [2.05, 4.69) is 0 Å². The highest BCUT2D eigenvalue weighted by Gasteiger charge is 2.17. The Labute approximate surface area is 151 Å². The van der Waals surface area contributed by atoms with E-state index < -0.39 is 21.9 Å². The van der Waals surface area contributed by atoms with Crippen LogP contribution in [0.25, 0.3) is 10.8 Å². The van der Waals surface area contributed by atoms with Gasteiger partial charge in [-0.3, -0.25) is 4.79 Å². The highest BCUT2D eigenvalue weighted by atomic mass is 32.2. The quantitative estimate of drug-likeness (QED) is 0.720. The summed E-state index contributed by atoms with van der Waals surface area (Å²) < 4.78 is 23.2.